The summed E-state index contributed by atoms with van der Waals surface area (Å²) in [6.45, 7) is 1.28. The van der Waals surface area contributed by atoms with Gasteiger partial charge in [-0.25, -0.2) is 4.98 Å². The number of aromatic nitrogens is 1. The summed E-state index contributed by atoms with van der Waals surface area (Å²) in [5.41, 5.74) is 0.739. The molecule has 0 aliphatic rings. The van der Waals surface area contributed by atoms with E-state index in [1.54, 1.807) is 12.1 Å². The van der Waals surface area contributed by atoms with Crippen LogP contribution >= 0.6 is 11.3 Å². The number of fused-ring (bicyclic) bond motifs is 1. The van der Waals surface area contributed by atoms with Gasteiger partial charge in [-0.05, 0) is 12.1 Å². The highest BCUT2D eigenvalue weighted by atomic mass is 32.1. The Hall–Kier alpha value is -1.46. The smallest absolute Gasteiger partial charge is 0.308 e. The first kappa shape index (κ1) is 10.1. The van der Waals surface area contributed by atoms with E-state index in [1.165, 1.54) is 18.3 Å². The molecule has 1 aromatic carbocycles. The predicted octanol–water partition coefficient (Wildman–Crippen LogP) is 1.71. The van der Waals surface area contributed by atoms with Crippen LogP contribution in [0.25, 0.3) is 10.2 Å². The molecule has 0 radical (unpaired) electrons. The van der Waals surface area contributed by atoms with E-state index in [9.17, 15) is 4.79 Å². The lowest BCUT2D eigenvalue weighted by atomic mass is 10.3. The van der Waals surface area contributed by atoms with Gasteiger partial charge < -0.3 is 9.84 Å². The number of thiazole rings is 1. The molecule has 0 saturated carbocycles. The summed E-state index contributed by atoms with van der Waals surface area (Å²) >= 11 is 1.42. The van der Waals surface area contributed by atoms with Crippen LogP contribution in [0.1, 0.15) is 11.9 Å². The van der Waals surface area contributed by atoms with Gasteiger partial charge >= 0.3 is 5.97 Å². The van der Waals surface area contributed by atoms with Crippen LogP contribution in [-0.4, -0.2) is 16.1 Å². The largest absolute Gasteiger partial charge is 0.427 e. The Morgan fingerprint density at radius 3 is 3.07 bits per heavy atom. The highest BCUT2D eigenvalue weighted by Crippen LogP contribution is 2.25. The fourth-order valence-electron chi connectivity index (χ4n) is 1.25. The van der Waals surface area contributed by atoms with Gasteiger partial charge in [0.2, 0.25) is 0 Å². The molecule has 5 heteroatoms. The van der Waals surface area contributed by atoms with Gasteiger partial charge in [-0.1, -0.05) is 0 Å². The molecule has 2 aromatic rings. The number of aliphatic hydroxyl groups is 1. The Morgan fingerprint density at radius 1 is 1.60 bits per heavy atom. The maximum atomic E-state index is 10.7. The van der Waals surface area contributed by atoms with Crippen LogP contribution < -0.4 is 4.74 Å². The first-order valence-corrected chi connectivity index (χ1v) is 5.19. The number of ether oxygens (including phenoxy) is 1. The summed E-state index contributed by atoms with van der Waals surface area (Å²) < 4.78 is 5.90. The number of esters is 1. The van der Waals surface area contributed by atoms with Crippen molar-refractivity contribution in [2.75, 3.05) is 0 Å². The molecule has 4 nitrogen and oxygen atoms in total. The Morgan fingerprint density at radius 2 is 2.40 bits per heavy atom. The number of carbonyl (C=O) groups excluding carboxylic acids is 1. The lowest BCUT2D eigenvalue weighted by Crippen LogP contribution is -2.00. The second kappa shape index (κ2) is 3.96. The van der Waals surface area contributed by atoms with Crippen molar-refractivity contribution in [3.05, 3.63) is 23.2 Å². The van der Waals surface area contributed by atoms with Gasteiger partial charge in [-0.3, -0.25) is 4.79 Å². The molecule has 2 rings (SSSR count). The number of hydrogen-bond acceptors (Lipinski definition) is 5. The molecule has 1 aromatic heterocycles. The first-order valence-electron chi connectivity index (χ1n) is 4.38. The van der Waals surface area contributed by atoms with Gasteiger partial charge in [-0.2, -0.15) is 0 Å². The highest BCUT2D eigenvalue weighted by molar-refractivity contribution is 7.18. The number of benzene rings is 1. The standard InChI is InChI=1S/C10H9NO3S/c1-6(13)14-7-2-3-9-8(4-7)11-10(5-12)15-9/h2-4,12H,5H2,1H3. The predicted molar refractivity (Wildman–Crippen MR) is 56.9 cm³/mol. The summed E-state index contributed by atoms with van der Waals surface area (Å²) in [5, 5.41) is 9.57. The Kier molecular flexibility index (Phi) is 2.66. The van der Waals surface area contributed by atoms with Gasteiger partial charge in [0, 0.05) is 13.0 Å². The van der Waals surface area contributed by atoms with Crippen LogP contribution in [0.4, 0.5) is 0 Å². The Labute approximate surface area is 90.1 Å². The Bertz CT molecular complexity index is 506. The Balaban J connectivity index is 2.41. The zero-order chi connectivity index (χ0) is 10.8. The van der Waals surface area contributed by atoms with Crippen molar-refractivity contribution in [3.8, 4) is 5.75 Å². The molecular formula is C10H9NO3S. The zero-order valence-corrected chi connectivity index (χ0v) is 8.87. The van der Waals surface area contributed by atoms with Crippen molar-refractivity contribution in [3.63, 3.8) is 0 Å². The summed E-state index contributed by atoms with van der Waals surface area (Å²) in [5.74, 6) is 0.122. The number of aliphatic hydroxyl groups excluding tert-OH is 1. The van der Waals surface area contributed by atoms with Crippen molar-refractivity contribution in [1.29, 1.82) is 0 Å². The second-order valence-corrected chi connectivity index (χ2v) is 4.10. The summed E-state index contributed by atoms with van der Waals surface area (Å²) in [6.07, 6.45) is 0. The van der Waals surface area contributed by atoms with Crippen LogP contribution in [0.2, 0.25) is 0 Å². The maximum absolute atomic E-state index is 10.7. The van der Waals surface area contributed by atoms with Gasteiger partial charge in [-0.15, -0.1) is 11.3 Å². The van der Waals surface area contributed by atoms with Crippen molar-refractivity contribution in [2.24, 2.45) is 0 Å². The number of hydrogen-bond donors (Lipinski definition) is 1. The van der Waals surface area contributed by atoms with Crippen molar-refractivity contribution < 1.29 is 14.6 Å². The molecule has 1 heterocycles. The van der Waals surface area contributed by atoms with E-state index in [-0.39, 0.29) is 12.6 Å². The normalized spacial score (nSPS) is 10.5. The van der Waals surface area contributed by atoms with Gasteiger partial charge in [0.25, 0.3) is 0 Å². The quantitative estimate of drug-likeness (QED) is 0.622. The minimum absolute atomic E-state index is 0.0672. The second-order valence-electron chi connectivity index (χ2n) is 2.99. The van der Waals surface area contributed by atoms with E-state index in [0.29, 0.717) is 10.8 Å². The van der Waals surface area contributed by atoms with Crippen LogP contribution in [0.3, 0.4) is 0 Å². The van der Waals surface area contributed by atoms with Crippen molar-refractivity contribution in [2.45, 2.75) is 13.5 Å². The highest BCUT2D eigenvalue weighted by Gasteiger charge is 2.05. The SMILES string of the molecule is CC(=O)Oc1ccc2sc(CO)nc2c1. The van der Waals surface area contributed by atoms with Crippen LogP contribution in [0.15, 0.2) is 18.2 Å². The van der Waals surface area contributed by atoms with Crippen molar-refractivity contribution >= 4 is 27.5 Å². The molecule has 0 aliphatic heterocycles. The van der Waals surface area contributed by atoms with E-state index in [1.807, 2.05) is 6.07 Å². The molecule has 0 bridgehead atoms. The third-order valence-electron chi connectivity index (χ3n) is 1.80. The summed E-state index contributed by atoms with van der Waals surface area (Å²) in [4.78, 5) is 14.9. The topological polar surface area (TPSA) is 59.4 Å². The molecule has 0 fully saturated rings. The first-order chi connectivity index (χ1) is 7.19. The van der Waals surface area contributed by atoms with E-state index in [2.05, 4.69) is 4.98 Å². The molecule has 0 aliphatic carbocycles. The van der Waals surface area contributed by atoms with E-state index in [0.717, 1.165) is 10.2 Å². The van der Waals surface area contributed by atoms with Crippen LogP contribution in [0, 0.1) is 0 Å². The lowest BCUT2D eigenvalue weighted by molar-refractivity contribution is -0.131. The lowest BCUT2D eigenvalue weighted by Gasteiger charge is -1.99. The van der Waals surface area contributed by atoms with Crippen LogP contribution in [0.5, 0.6) is 5.75 Å². The fraction of sp³-hybridized carbons (Fsp3) is 0.200. The van der Waals surface area contributed by atoms with Gasteiger partial charge in [0.1, 0.15) is 10.8 Å². The molecule has 1 N–H and O–H groups in total. The minimum Gasteiger partial charge on any atom is -0.427 e. The van der Waals surface area contributed by atoms with E-state index >= 15 is 0 Å². The molecule has 78 valence electrons. The average Bonchev–Trinajstić information content (AvgIpc) is 2.58. The molecule has 15 heavy (non-hydrogen) atoms. The number of nitrogens with zero attached hydrogens (tertiary/aromatic N) is 1. The molecule has 0 unspecified atom stereocenters. The summed E-state index contributed by atoms with van der Waals surface area (Å²) in [6, 6.07) is 5.22. The van der Waals surface area contributed by atoms with E-state index in [4.69, 9.17) is 9.84 Å². The average molecular weight is 223 g/mol. The molecule has 0 amide bonds. The third kappa shape index (κ3) is 2.14. The number of carbonyl (C=O) groups is 1. The minimum atomic E-state index is -0.355. The maximum Gasteiger partial charge on any atom is 0.308 e. The van der Waals surface area contributed by atoms with Gasteiger partial charge in [0.15, 0.2) is 0 Å². The molecule has 0 spiro atoms. The number of rotatable bonds is 2. The molecule has 0 atom stereocenters. The molecular weight excluding hydrogens is 214 g/mol. The van der Waals surface area contributed by atoms with Crippen molar-refractivity contribution in [1.82, 2.24) is 4.98 Å². The van der Waals surface area contributed by atoms with E-state index < -0.39 is 0 Å². The fourth-order valence-corrected chi connectivity index (χ4v) is 2.06. The molecule has 0 saturated heterocycles. The van der Waals surface area contributed by atoms with Gasteiger partial charge in [0.05, 0.1) is 16.8 Å². The third-order valence-corrected chi connectivity index (χ3v) is 2.82. The summed E-state index contributed by atoms with van der Waals surface area (Å²) in [7, 11) is 0. The monoisotopic (exact) mass is 223 g/mol. The zero-order valence-electron chi connectivity index (χ0n) is 8.06. The van der Waals surface area contributed by atoms with Crippen LogP contribution in [-0.2, 0) is 11.4 Å².